The lowest BCUT2D eigenvalue weighted by Crippen LogP contribution is -2.43. The highest BCUT2D eigenvalue weighted by atomic mass is 127. The smallest absolute Gasteiger partial charge is 0.191 e. The molecule has 1 unspecified atom stereocenters. The van der Waals surface area contributed by atoms with Crippen molar-refractivity contribution in [1.82, 2.24) is 20.4 Å². The third-order valence-corrected chi connectivity index (χ3v) is 4.57. The molecule has 1 aromatic heterocycles. The Balaban J connectivity index is 0.00000312. The van der Waals surface area contributed by atoms with Crippen molar-refractivity contribution >= 4 is 29.9 Å². The number of aromatic nitrogens is 2. The van der Waals surface area contributed by atoms with Crippen LogP contribution in [-0.2, 0) is 18.2 Å². The van der Waals surface area contributed by atoms with Crippen LogP contribution in [0.5, 0.6) is 0 Å². The number of nitrogens with one attached hydrogen (secondary N) is 2. The van der Waals surface area contributed by atoms with Gasteiger partial charge < -0.3 is 15.4 Å². The lowest BCUT2D eigenvalue weighted by Gasteiger charge is -2.19. The Morgan fingerprint density at radius 2 is 2.20 bits per heavy atom. The van der Waals surface area contributed by atoms with Crippen LogP contribution in [-0.4, -0.2) is 48.6 Å². The predicted molar refractivity (Wildman–Crippen MR) is 114 cm³/mol. The van der Waals surface area contributed by atoms with Crippen LogP contribution in [0.25, 0.3) is 0 Å². The van der Waals surface area contributed by atoms with Gasteiger partial charge in [-0.1, -0.05) is 11.6 Å². The van der Waals surface area contributed by atoms with Crippen molar-refractivity contribution in [2.24, 2.45) is 12.0 Å². The molecule has 0 saturated heterocycles. The van der Waals surface area contributed by atoms with Gasteiger partial charge >= 0.3 is 0 Å². The van der Waals surface area contributed by atoms with Crippen molar-refractivity contribution in [1.29, 1.82) is 0 Å². The van der Waals surface area contributed by atoms with Gasteiger partial charge in [0.05, 0.1) is 18.9 Å². The maximum Gasteiger partial charge on any atom is 0.191 e. The minimum Gasteiger partial charge on any atom is -0.377 e. The molecule has 2 heterocycles. The van der Waals surface area contributed by atoms with E-state index in [9.17, 15) is 0 Å². The molecule has 1 aliphatic heterocycles. The Kier molecular flexibility index (Phi) is 9.48. The molecule has 1 atom stereocenters. The molecule has 6 nitrogen and oxygen atoms in total. The largest absolute Gasteiger partial charge is 0.377 e. The van der Waals surface area contributed by atoms with E-state index in [2.05, 4.69) is 47.6 Å². The Morgan fingerprint density at radius 1 is 1.44 bits per heavy atom. The van der Waals surface area contributed by atoms with Crippen molar-refractivity contribution in [2.45, 2.75) is 46.1 Å². The number of nitrogens with zero attached hydrogens (tertiary/aromatic N) is 3. The number of ether oxygens (including phenoxy) is 1. The first kappa shape index (κ1) is 22.0. The van der Waals surface area contributed by atoms with Gasteiger partial charge in [0.15, 0.2) is 5.96 Å². The lowest BCUT2D eigenvalue weighted by molar-refractivity contribution is 0.153. The molecule has 1 aromatic rings. The second kappa shape index (κ2) is 10.8. The van der Waals surface area contributed by atoms with E-state index in [1.165, 1.54) is 16.8 Å². The van der Waals surface area contributed by atoms with Crippen LogP contribution in [0.3, 0.4) is 0 Å². The number of rotatable bonds is 6. The highest BCUT2D eigenvalue weighted by molar-refractivity contribution is 14.0. The summed E-state index contributed by atoms with van der Waals surface area (Å²) in [5.74, 6) is 0.856. The molecule has 142 valence electrons. The van der Waals surface area contributed by atoms with Gasteiger partial charge in [-0.2, -0.15) is 5.10 Å². The molecule has 2 N–H and O–H groups in total. The molecule has 2 rings (SSSR count). The average Bonchev–Trinajstić information content (AvgIpc) is 2.81. The van der Waals surface area contributed by atoms with E-state index in [1.807, 2.05) is 18.8 Å². The molecule has 0 amide bonds. The fourth-order valence-electron chi connectivity index (χ4n) is 3.03. The summed E-state index contributed by atoms with van der Waals surface area (Å²) in [4.78, 5) is 4.33. The van der Waals surface area contributed by atoms with Gasteiger partial charge in [-0.05, 0) is 45.6 Å². The second-order valence-corrected chi connectivity index (χ2v) is 6.46. The SMILES string of the molecule is CN=C(NCCC1=CCOCC1)NC(C)Cc1c(C)nn(C)c1C.I. The van der Waals surface area contributed by atoms with E-state index in [1.54, 1.807) is 0 Å². The van der Waals surface area contributed by atoms with E-state index in [0.717, 1.165) is 50.7 Å². The standard InChI is InChI=1S/C18H31N5O.HI/c1-13(12-17-14(2)22-23(5)15(17)3)21-18(19-4)20-9-6-16-7-10-24-11-8-16;/h7,13H,6,8-12H2,1-5H3,(H2,19,20,21);1H. The van der Waals surface area contributed by atoms with Crippen molar-refractivity contribution in [2.75, 3.05) is 26.8 Å². The zero-order valence-electron chi connectivity index (χ0n) is 16.1. The van der Waals surface area contributed by atoms with E-state index >= 15 is 0 Å². The lowest BCUT2D eigenvalue weighted by atomic mass is 10.1. The van der Waals surface area contributed by atoms with Crippen molar-refractivity contribution in [3.8, 4) is 0 Å². The molecule has 25 heavy (non-hydrogen) atoms. The van der Waals surface area contributed by atoms with Crippen LogP contribution in [0.1, 0.15) is 36.7 Å². The average molecular weight is 461 g/mol. The maximum atomic E-state index is 5.34. The maximum absolute atomic E-state index is 5.34. The van der Waals surface area contributed by atoms with E-state index < -0.39 is 0 Å². The summed E-state index contributed by atoms with van der Waals surface area (Å²) in [6, 6.07) is 0.292. The van der Waals surface area contributed by atoms with E-state index in [-0.39, 0.29) is 24.0 Å². The topological polar surface area (TPSA) is 63.5 Å². The summed E-state index contributed by atoms with van der Waals surface area (Å²) in [7, 11) is 3.81. The number of hydrogen-bond donors (Lipinski definition) is 2. The Hall–Kier alpha value is -1.09. The van der Waals surface area contributed by atoms with Gasteiger partial charge in [0, 0.05) is 32.4 Å². The van der Waals surface area contributed by atoms with Gasteiger partial charge in [-0.3, -0.25) is 9.67 Å². The van der Waals surface area contributed by atoms with Crippen molar-refractivity contribution in [3.63, 3.8) is 0 Å². The molecule has 0 bridgehead atoms. The molecule has 7 heteroatoms. The third-order valence-electron chi connectivity index (χ3n) is 4.57. The summed E-state index contributed by atoms with van der Waals surface area (Å²) in [6.45, 7) is 8.87. The first-order chi connectivity index (χ1) is 11.5. The normalized spacial score (nSPS) is 16.0. The monoisotopic (exact) mass is 461 g/mol. The highest BCUT2D eigenvalue weighted by Gasteiger charge is 2.14. The Labute approximate surface area is 168 Å². The molecular formula is C18H32IN5O. The fraction of sp³-hybridized carbons (Fsp3) is 0.667. The quantitative estimate of drug-likeness (QED) is 0.296. The van der Waals surface area contributed by atoms with Crippen LogP contribution >= 0.6 is 24.0 Å². The number of aliphatic imine (C=N–C) groups is 1. The number of hydrogen-bond acceptors (Lipinski definition) is 3. The number of halogens is 1. The zero-order chi connectivity index (χ0) is 17.5. The molecule has 0 radical (unpaired) electrons. The van der Waals surface area contributed by atoms with Crippen LogP contribution in [0.4, 0.5) is 0 Å². The van der Waals surface area contributed by atoms with Crippen molar-refractivity contribution < 1.29 is 4.74 Å². The van der Waals surface area contributed by atoms with Gasteiger partial charge in [0.1, 0.15) is 0 Å². The van der Waals surface area contributed by atoms with Gasteiger partial charge in [-0.25, -0.2) is 0 Å². The highest BCUT2D eigenvalue weighted by Crippen LogP contribution is 2.14. The van der Waals surface area contributed by atoms with E-state index in [0.29, 0.717) is 6.04 Å². The third kappa shape index (κ3) is 6.62. The zero-order valence-corrected chi connectivity index (χ0v) is 18.4. The summed E-state index contributed by atoms with van der Waals surface area (Å²) in [5.41, 5.74) is 5.13. The first-order valence-corrected chi connectivity index (χ1v) is 8.73. The summed E-state index contributed by atoms with van der Waals surface area (Å²) >= 11 is 0. The predicted octanol–water partition coefficient (Wildman–Crippen LogP) is 2.49. The molecule has 0 aliphatic carbocycles. The van der Waals surface area contributed by atoms with Gasteiger partial charge in [-0.15, -0.1) is 24.0 Å². The minimum atomic E-state index is 0. The van der Waals surface area contributed by atoms with Crippen LogP contribution in [0, 0.1) is 13.8 Å². The van der Waals surface area contributed by atoms with Crippen LogP contribution < -0.4 is 10.6 Å². The minimum absolute atomic E-state index is 0. The Bertz CT molecular complexity index is 609. The molecular weight excluding hydrogens is 429 g/mol. The van der Waals surface area contributed by atoms with E-state index in [4.69, 9.17) is 4.74 Å². The summed E-state index contributed by atoms with van der Waals surface area (Å²) in [6.07, 6.45) is 5.22. The first-order valence-electron chi connectivity index (χ1n) is 8.73. The number of guanidine groups is 1. The van der Waals surface area contributed by atoms with Crippen molar-refractivity contribution in [3.05, 3.63) is 28.6 Å². The fourth-order valence-corrected chi connectivity index (χ4v) is 3.03. The molecule has 0 fully saturated rings. The molecule has 0 saturated carbocycles. The molecule has 1 aliphatic rings. The second-order valence-electron chi connectivity index (χ2n) is 6.46. The number of aryl methyl sites for hydroxylation is 2. The van der Waals surface area contributed by atoms with Gasteiger partial charge in [0.2, 0.25) is 0 Å². The van der Waals surface area contributed by atoms with Crippen LogP contribution in [0.2, 0.25) is 0 Å². The summed E-state index contributed by atoms with van der Waals surface area (Å²) in [5, 5.41) is 11.4. The molecule has 0 aromatic carbocycles. The van der Waals surface area contributed by atoms with Gasteiger partial charge in [0.25, 0.3) is 0 Å². The summed E-state index contributed by atoms with van der Waals surface area (Å²) < 4.78 is 7.29. The molecule has 0 spiro atoms. The van der Waals surface area contributed by atoms with Crippen LogP contribution in [0.15, 0.2) is 16.6 Å². The Morgan fingerprint density at radius 3 is 2.76 bits per heavy atom.